The number of unbranched alkanes of at least 4 members (excludes halogenated alkanes) is 4. The lowest BCUT2D eigenvalue weighted by molar-refractivity contribution is 0.427. The maximum Gasteiger partial charge on any atom is -0.0327 e. The quantitative estimate of drug-likeness (QED) is 0.377. The monoisotopic (exact) mass is 225 g/mol. The van der Waals surface area contributed by atoms with Crippen LogP contribution in [0.1, 0.15) is 85.5 Å². The average molecular weight is 225 g/mol. The SMILES string of the molecule is CCCCCCC([CH]C(C)CCCC)CC. The molecule has 0 fully saturated rings. The fourth-order valence-corrected chi connectivity index (χ4v) is 2.36. The van der Waals surface area contributed by atoms with Crippen LogP contribution in [0.5, 0.6) is 0 Å². The summed E-state index contributed by atoms with van der Waals surface area (Å²) in [4.78, 5) is 0. The van der Waals surface area contributed by atoms with Gasteiger partial charge in [0, 0.05) is 0 Å². The van der Waals surface area contributed by atoms with Gasteiger partial charge in [0.05, 0.1) is 0 Å². The largest absolute Gasteiger partial charge is 0.0654 e. The van der Waals surface area contributed by atoms with Gasteiger partial charge in [-0.05, 0) is 18.3 Å². The Morgan fingerprint density at radius 2 is 1.50 bits per heavy atom. The van der Waals surface area contributed by atoms with Crippen molar-refractivity contribution in [3.05, 3.63) is 6.42 Å². The van der Waals surface area contributed by atoms with Gasteiger partial charge in [0.2, 0.25) is 0 Å². The summed E-state index contributed by atoms with van der Waals surface area (Å²) in [6.45, 7) is 9.31. The van der Waals surface area contributed by atoms with Crippen LogP contribution in [0.4, 0.5) is 0 Å². The van der Waals surface area contributed by atoms with E-state index >= 15 is 0 Å². The molecule has 0 spiro atoms. The second-order valence-electron chi connectivity index (χ2n) is 5.33. The van der Waals surface area contributed by atoms with Crippen LogP contribution >= 0.6 is 0 Å². The molecule has 0 bridgehead atoms. The van der Waals surface area contributed by atoms with Crippen molar-refractivity contribution in [2.75, 3.05) is 0 Å². The number of hydrogen-bond acceptors (Lipinski definition) is 0. The van der Waals surface area contributed by atoms with Gasteiger partial charge in [-0.15, -0.1) is 0 Å². The molecular weight excluding hydrogens is 192 g/mol. The molecule has 0 aliphatic heterocycles. The molecule has 2 unspecified atom stereocenters. The summed E-state index contributed by atoms with van der Waals surface area (Å²) in [6, 6.07) is 0. The smallest absolute Gasteiger partial charge is 0.0327 e. The first kappa shape index (κ1) is 16.0. The van der Waals surface area contributed by atoms with E-state index in [1.165, 1.54) is 57.8 Å². The highest BCUT2D eigenvalue weighted by Gasteiger charge is 2.11. The highest BCUT2D eigenvalue weighted by Crippen LogP contribution is 2.23. The van der Waals surface area contributed by atoms with E-state index in [0.717, 1.165) is 11.8 Å². The Morgan fingerprint density at radius 3 is 2.06 bits per heavy atom. The van der Waals surface area contributed by atoms with E-state index in [4.69, 9.17) is 0 Å². The van der Waals surface area contributed by atoms with Gasteiger partial charge in [0.15, 0.2) is 0 Å². The molecule has 0 aromatic rings. The van der Waals surface area contributed by atoms with E-state index in [1.807, 2.05) is 0 Å². The Labute approximate surface area is 104 Å². The second kappa shape index (κ2) is 11.5. The molecule has 0 saturated heterocycles. The highest BCUT2D eigenvalue weighted by atomic mass is 14.2. The molecule has 1 radical (unpaired) electrons. The Hall–Kier alpha value is 0. The van der Waals surface area contributed by atoms with E-state index in [9.17, 15) is 0 Å². The fourth-order valence-electron chi connectivity index (χ4n) is 2.36. The Balaban J connectivity index is 3.56. The molecule has 0 heteroatoms. The van der Waals surface area contributed by atoms with E-state index in [2.05, 4.69) is 34.1 Å². The van der Waals surface area contributed by atoms with Crippen molar-refractivity contribution in [1.82, 2.24) is 0 Å². The van der Waals surface area contributed by atoms with Crippen molar-refractivity contribution in [2.24, 2.45) is 11.8 Å². The maximum atomic E-state index is 2.63. The summed E-state index contributed by atoms with van der Waals surface area (Å²) in [5, 5.41) is 0. The van der Waals surface area contributed by atoms with Gasteiger partial charge in [-0.3, -0.25) is 0 Å². The van der Waals surface area contributed by atoms with Crippen molar-refractivity contribution in [2.45, 2.75) is 85.5 Å². The Kier molecular flexibility index (Phi) is 11.5. The summed E-state index contributed by atoms with van der Waals surface area (Å²) >= 11 is 0. The molecule has 0 rings (SSSR count). The van der Waals surface area contributed by atoms with Crippen LogP contribution in [0, 0.1) is 18.3 Å². The summed E-state index contributed by atoms with van der Waals surface area (Å²) in [7, 11) is 0. The molecule has 0 aliphatic rings. The minimum atomic E-state index is 0.830. The van der Waals surface area contributed by atoms with Gasteiger partial charge in [-0.1, -0.05) is 85.5 Å². The van der Waals surface area contributed by atoms with Gasteiger partial charge >= 0.3 is 0 Å². The number of hydrogen-bond donors (Lipinski definition) is 0. The lowest BCUT2D eigenvalue weighted by Gasteiger charge is -2.19. The summed E-state index contributed by atoms with van der Waals surface area (Å²) < 4.78 is 0. The summed E-state index contributed by atoms with van der Waals surface area (Å²) in [5.74, 6) is 1.71. The lowest BCUT2D eigenvalue weighted by atomic mass is 9.87. The zero-order valence-corrected chi connectivity index (χ0v) is 12.1. The third-order valence-corrected chi connectivity index (χ3v) is 3.57. The molecule has 16 heavy (non-hydrogen) atoms. The molecule has 0 aliphatic carbocycles. The average Bonchev–Trinajstić information content (AvgIpc) is 2.30. The van der Waals surface area contributed by atoms with Gasteiger partial charge in [0.25, 0.3) is 0 Å². The molecule has 0 nitrogen and oxygen atoms in total. The third-order valence-electron chi connectivity index (χ3n) is 3.57. The number of rotatable bonds is 11. The van der Waals surface area contributed by atoms with Crippen LogP contribution < -0.4 is 0 Å². The normalized spacial score (nSPS) is 15.0. The predicted molar refractivity (Wildman–Crippen MR) is 75.5 cm³/mol. The van der Waals surface area contributed by atoms with Gasteiger partial charge in [0.1, 0.15) is 0 Å². The standard InChI is InChI=1S/C16H33/c1-5-8-10-11-13-16(7-3)14-15(4)12-9-6-2/h14-16H,5-13H2,1-4H3. The first-order valence-corrected chi connectivity index (χ1v) is 7.59. The van der Waals surface area contributed by atoms with Crippen molar-refractivity contribution in [1.29, 1.82) is 0 Å². The predicted octanol–water partition coefficient (Wildman–Crippen LogP) is 6.01. The van der Waals surface area contributed by atoms with Crippen molar-refractivity contribution >= 4 is 0 Å². The summed E-state index contributed by atoms with van der Waals surface area (Å²) in [5.41, 5.74) is 0. The molecule has 2 atom stereocenters. The summed E-state index contributed by atoms with van der Waals surface area (Å²) in [6.07, 6.45) is 15.2. The van der Waals surface area contributed by atoms with Gasteiger partial charge in [-0.25, -0.2) is 0 Å². The van der Waals surface area contributed by atoms with Crippen LogP contribution in [-0.2, 0) is 0 Å². The molecule has 97 valence electrons. The zero-order chi connectivity index (χ0) is 12.2. The molecular formula is C16H33. The maximum absolute atomic E-state index is 2.63. The lowest BCUT2D eigenvalue weighted by Crippen LogP contribution is -2.07. The highest BCUT2D eigenvalue weighted by molar-refractivity contribution is 4.80. The van der Waals surface area contributed by atoms with Gasteiger partial charge in [-0.2, -0.15) is 0 Å². The molecule has 0 heterocycles. The second-order valence-corrected chi connectivity index (χ2v) is 5.33. The zero-order valence-electron chi connectivity index (χ0n) is 12.1. The van der Waals surface area contributed by atoms with Crippen LogP contribution in [0.25, 0.3) is 0 Å². The van der Waals surface area contributed by atoms with Crippen LogP contribution in [0.3, 0.4) is 0 Å². The third kappa shape index (κ3) is 9.24. The minimum absolute atomic E-state index is 0.830. The fraction of sp³-hybridized carbons (Fsp3) is 0.938. The van der Waals surface area contributed by atoms with Crippen LogP contribution in [0.15, 0.2) is 0 Å². The molecule has 0 aromatic carbocycles. The van der Waals surface area contributed by atoms with Gasteiger partial charge < -0.3 is 0 Å². The van der Waals surface area contributed by atoms with E-state index in [0.29, 0.717) is 0 Å². The Morgan fingerprint density at radius 1 is 0.812 bits per heavy atom. The molecule has 0 N–H and O–H groups in total. The van der Waals surface area contributed by atoms with Crippen LogP contribution in [0.2, 0.25) is 0 Å². The van der Waals surface area contributed by atoms with E-state index < -0.39 is 0 Å². The first-order chi connectivity index (χ1) is 7.74. The molecule has 0 saturated carbocycles. The Bertz CT molecular complexity index is 128. The van der Waals surface area contributed by atoms with E-state index in [-0.39, 0.29) is 0 Å². The van der Waals surface area contributed by atoms with Crippen molar-refractivity contribution in [3.63, 3.8) is 0 Å². The topological polar surface area (TPSA) is 0 Å². The van der Waals surface area contributed by atoms with Crippen molar-refractivity contribution in [3.8, 4) is 0 Å². The molecule has 0 amide bonds. The molecule has 0 aromatic heterocycles. The first-order valence-electron chi connectivity index (χ1n) is 7.59. The minimum Gasteiger partial charge on any atom is -0.0654 e. The van der Waals surface area contributed by atoms with Crippen molar-refractivity contribution < 1.29 is 0 Å². The van der Waals surface area contributed by atoms with Crippen LogP contribution in [-0.4, -0.2) is 0 Å². The van der Waals surface area contributed by atoms with E-state index in [1.54, 1.807) is 0 Å².